The first kappa shape index (κ1) is 88.0. The maximum atomic E-state index is 12.6. The largest absolute Gasteiger partial charge is 0.469 e. The summed E-state index contributed by atoms with van der Waals surface area (Å²) in [6.45, 7) is -0.134. The van der Waals surface area contributed by atoms with Gasteiger partial charge in [-0.25, -0.2) is 13.7 Å². The van der Waals surface area contributed by atoms with Crippen LogP contribution in [-0.2, 0) is 113 Å². The summed E-state index contributed by atoms with van der Waals surface area (Å²) in [5.74, 6) is -1.02. The predicted octanol–water partition coefficient (Wildman–Crippen LogP) is -8.15. The van der Waals surface area contributed by atoms with Crippen molar-refractivity contribution in [2.45, 2.75) is 118 Å². The summed E-state index contributed by atoms with van der Waals surface area (Å²) in [7, 11) is -14.8. The van der Waals surface area contributed by atoms with Gasteiger partial charge in [0.25, 0.3) is 0 Å². The van der Waals surface area contributed by atoms with E-state index in [0.717, 1.165) is 0 Å². The van der Waals surface area contributed by atoms with Gasteiger partial charge in [0.2, 0.25) is 17.7 Å². The van der Waals surface area contributed by atoms with Gasteiger partial charge in [0.1, 0.15) is 60.5 Å². The van der Waals surface area contributed by atoms with Gasteiger partial charge in [-0.1, -0.05) is 6.92 Å². The quantitative estimate of drug-likeness (QED) is 0.0199. The van der Waals surface area contributed by atoms with Crippen LogP contribution in [0.4, 0.5) is 0 Å². The lowest BCUT2D eigenvalue weighted by Gasteiger charge is -2.44. The predicted molar refractivity (Wildman–Crippen MR) is 315 cm³/mol. The van der Waals surface area contributed by atoms with Crippen LogP contribution in [0.5, 0.6) is 0 Å². The van der Waals surface area contributed by atoms with Crippen molar-refractivity contribution in [3.8, 4) is 0 Å². The number of hydrogen-bond donors (Lipinski definition) is 18. The molecular formula is C51H98N3O39P3. The Labute approximate surface area is 552 Å². The van der Waals surface area contributed by atoms with Gasteiger partial charge >= 0.3 is 23.5 Å². The van der Waals surface area contributed by atoms with Crippen LogP contribution in [0.1, 0.15) is 32.6 Å². The average molecular weight is 1470 g/mol. The third-order valence-electron chi connectivity index (χ3n) is 13.7. The smallest absolute Gasteiger partial charge is 0.393 e. The highest BCUT2D eigenvalue weighted by atomic mass is 31.2. The minimum atomic E-state index is -4.94. The molecule has 3 heterocycles. The Bertz CT molecular complexity index is 2180. The van der Waals surface area contributed by atoms with E-state index in [-0.39, 0.29) is 195 Å². The second-order valence-corrected chi connectivity index (χ2v) is 25.7. The van der Waals surface area contributed by atoms with Gasteiger partial charge in [-0.2, -0.15) is 0 Å². The molecule has 42 nitrogen and oxygen atoms in total. The van der Waals surface area contributed by atoms with Crippen molar-refractivity contribution in [2.24, 2.45) is 5.41 Å². The Balaban J connectivity index is 1.31. The monoisotopic (exact) mass is 1470 g/mol. The number of hydrogen-bond acceptors (Lipinski definition) is 33. The first-order valence-electron chi connectivity index (χ1n) is 30.4. The Morgan fingerprint density at radius 1 is 0.427 bits per heavy atom. The Kier molecular flexibility index (Phi) is 43.2. The highest BCUT2D eigenvalue weighted by Crippen LogP contribution is 2.41. The number of phosphoric acid groups is 3. The number of nitrogens with one attached hydrogen (secondary N) is 3. The number of aliphatic hydroxyl groups is 9. The molecule has 0 aromatic heterocycles. The summed E-state index contributed by atoms with van der Waals surface area (Å²) < 4.78 is 129. The van der Waals surface area contributed by atoms with E-state index < -0.39 is 147 Å². The van der Waals surface area contributed by atoms with Crippen LogP contribution in [0.2, 0.25) is 0 Å². The summed E-state index contributed by atoms with van der Waals surface area (Å²) in [5.41, 5.74) is -2.58. The van der Waals surface area contributed by atoms with Crippen LogP contribution >= 0.6 is 23.5 Å². The normalized spacial score (nSPS) is 27.3. The van der Waals surface area contributed by atoms with Crippen LogP contribution in [0.25, 0.3) is 0 Å². The molecule has 3 aliphatic rings. The van der Waals surface area contributed by atoms with E-state index in [4.69, 9.17) is 100 Å². The molecule has 18 N–H and O–H groups in total. The molecule has 0 spiro atoms. The summed E-state index contributed by atoms with van der Waals surface area (Å²) in [6, 6.07) is 0. The maximum absolute atomic E-state index is 12.6. The summed E-state index contributed by atoms with van der Waals surface area (Å²) in [6.07, 6.45) is -21.0. The average Bonchev–Trinajstić information content (AvgIpc) is 0.812. The van der Waals surface area contributed by atoms with E-state index in [1.54, 1.807) is 6.92 Å². The number of carbonyl (C=O) groups is 3. The molecule has 3 saturated heterocycles. The van der Waals surface area contributed by atoms with E-state index >= 15 is 0 Å². The molecule has 566 valence electrons. The van der Waals surface area contributed by atoms with Crippen molar-refractivity contribution in [3.05, 3.63) is 0 Å². The SMILES string of the molecule is CC(COCCC(=O)NCCOCCOCCOC1OC(CO)(COP(=O)(O)O)CC(O)C1O)(COCCC(=O)NCCOCCOCCOC1OC(COP(=O)(O)O)C(O)C(O)C1O)COCCC(=O)NCCOCCOCCOC1OC(COP(=O)(O)O)C(O)C(O)C1O. The van der Waals surface area contributed by atoms with Crippen LogP contribution in [0.15, 0.2) is 0 Å². The van der Waals surface area contributed by atoms with E-state index in [2.05, 4.69) is 29.5 Å². The minimum absolute atomic E-state index is 0.00507. The van der Waals surface area contributed by atoms with Crippen LogP contribution in [0, 0.1) is 5.41 Å². The van der Waals surface area contributed by atoms with Gasteiger partial charge < -0.3 is 162 Å². The van der Waals surface area contributed by atoms with Crippen LogP contribution in [0.3, 0.4) is 0 Å². The number of amides is 3. The van der Waals surface area contributed by atoms with Crippen molar-refractivity contribution in [1.82, 2.24) is 16.0 Å². The van der Waals surface area contributed by atoms with E-state index in [1.165, 1.54) is 0 Å². The van der Waals surface area contributed by atoms with Crippen LogP contribution in [-0.4, -0.2) is 363 Å². The molecule has 0 bridgehead atoms. The number of aliphatic hydroxyl groups excluding tert-OH is 9. The zero-order chi connectivity index (χ0) is 71.2. The zero-order valence-electron chi connectivity index (χ0n) is 53.0. The van der Waals surface area contributed by atoms with E-state index in [0.29, 0.717) is 0 Å². The van der Waals surface area contributed by atoms with Gasteiger partial charge in [-0.3, -0.25) is 28.0 Å². The lowest BCUT2D eigenvalue weighted by molar-refractivity contribution is -0.312. The number of phosphoric ester groups is 3. The van der Waals surface area contributed by atoms with Gasteiger partial charge in [0.15, 0.2) is 18.9 Å². The highest BCUT2D eigenvalue weighted by molar-refractivity contribution is 7.46. The van der Waals surface area contributed by atoms with E-state index in [9.17, 15) is 74.0 Å². The molecule has 3 fully saturated rings. The molecule has 14 unspecified atom stereocenters. The molecule has 45 heteroatoms. The number of rotatable bonds is 55. The summed E-state index contributed by atoms with van der Waals surface area (Å²) in [4.78, 5) is 91.5. The topological polar surface area (TPSA) is 608 Å². The molecule has 3 rings (SSSR count). The molecule has 3 amide bonds. The minimum Gasteiger partial charge on any atom is -0.393 e. The van der Waals surface area contributed by atoms with Crippen molar-refractivity contribution in [1.29, 1.82) is 0 Å². The lowest BCUT2D eigenvalue weighted by Crippen LogP contribution is -2.59. The molecule has 96 heavy (non-hydrogen) atoms. The molecule has 0 saturated carbocycles. The second kappa shape index (κ2) is 47.1. The molecule has 3 aliphatic heterocycles. The molecule has 0 radical (unpaired) electrons. The third kappa shape index (κ3) is 38.2. The molecule has 0 aliphatic carbocycles. The van der Waals surface area contributed by atoms with Crippen molar-refractivity contribution in [2.75, 3.05) is 185 Å². The van der Waals surface area contributed by atoms with E-state index in [1.807, 2.05) is 0 Å². The van der Waals surface area contributed by atoms with Gasteiger partial charge in [-0.15, -0.1) is 0 Å². The fraction of sp³-hybridized carbons (Fsp3) is 0.941. The van der Waals surface area contributed by atoms with Gasteiger partial charge in [-0.05, 0) is 0 Å². The Morgan fingerprint density at radius 3 is 1.08 bits per heavy atom. The van der Waals surface area contributed by atoms with Crippen molar-refractivity contribution in [3.63, 3.8) is 0 Å². The molecule has 0 aromatic carbocycles. The third-order valence-corrected chi connectivity index (χ3v) is 15.1. The van der Waals surface area contributed by atoms with Crippen molar-refractivity contribution < 1.29 is 188 Å². The second-order valence-electron chi connectivity index (χ2n) is 22.0. The Morgan fingerprint density at radius 2 is 0.750 bits per heavy atom. The van der Waals surface area contributed by atoms with Crippen molar-refractivity contribution >= 4 is 41.2 Å². The van der Waals surface area contributed by atoms with Gasteiger partial charge in [0, 0.05) is 50.7 Å². The highest BCUT2D eigenvalue weighted by Gasteiger charge is 2.49. The fourth-order valence-electron chi connectivity index (χ4n) is 8.61. The fourth-order valence-corrected chi connectivity index (χ4v) is 9.70. The molecule has 0 aromatic rings. The standard InChI is InChI=1S/C51H98N3O39P3/c1-50(30-82-8-2-37(57)52-5-11-76-14-17-79-20-23-85-47-45(65)43(63)41(61)35(91-47)27-88-94(67,68)69,31-83-9-3-38(58)53-6-12-77-15-18-80-21-24-86-48-46(66)44(64)42(62)36(92-48)28-89-95(70,71)72)32-84-10-4-39(59)54-7-13-78-16-19-81-22-25-87-49-40(60)34(56)26-51(29-55,93-49)33-90-96(73,74)75/h34-36,40-49,55-56,60-66H,2-33H2,1H3,(H,52,57)(H,53,58)(H,54,59)(H2,67,68,69)(H2,70,71,72)(H2,73,74,75). The number of carbonyl (C=O) groups excluding carboxylic acids is 3. The first-order valence-corrected chi connectivity index (χ1v) is 34.9. The van der Waals surface area contributed by atoms with Crippen LogP contribution < -0.4 is 16.0 Å². The summed E-state index contributed by atoms with van der Waals surface area (Å²) in [5, 5.41) is 99.0. The molecule has 14 atom stereocenters. The zero-order valence-corrected chi connectivity index (χ0v) is 55.7. The Hall–Kier alpha value is -2.22. The lowest BCUT2D eigenvalue weighted by atomic mass is 9.91. The first-order chi connectivity index (χ1) is 45.4. The number of ether oxygens (including phenoxy) is 15. The molecular weight excluding hydrogens is 1370 g/mol. The summed E-state index contributed by atoms with van der Waals surface area (Å²) >= 11 is 0. The van der Waals surface area contributed by atoms with Gasteiger partial charge in [0.05, 0.1) is 171 Å². The maximum Gasteiger partial charge on any atom is 0.469 e.